The smallest absolute Gasteiger partial charge is 0.146 e. The van der Waals surface area contributed by atoms with Crippen LogP contribution in [0, 0.1) is 11.6 Å². The maximum absolute atomic E-state index is 13.8. The summed E-state index contributed by atoms with van der Waals surface area (Å²) in [4.78, 5) is 4.13. The van der Waals surface area contributed by atoms with Gasteiger partial charge in [-0.2, -0.15) is 11.8 Å². The number of benzene rings is 1. The van der Waals surface area contributed by atoms with Gasteiger partial charge in [-0.25, -0.2) is 13.8 Å². The predicted molar refractivity (Wildman–Crippen MR) is 68.6 cm³/mol. The molecule has 1 saturated heterocycles. The minimum absolute atomic E-state index is 0.0283. The maximum atomic E-state index is 13.8. The van der Waals surface area contributed by atoms with Crippen LogP contribution in [0.4, 0.5) is 8.78 Å². The average molecular weight is 266 g/mol. The fraction of sp³-hybridized carbons (Fsp3) is 0.308. The molecule has 3 rings (SSSR count). The quantitative estimate of drug-likeness (QED) is 0.828. The Labute approximate surface area is 108 Å². The number of imidazole rings is 1. The van der Waals surface area contributed by atoms with Crippen molar-refractivity contribution in [3.05, 3.63) is 42.2 Å². The summed E-state index contributed by atoms with van der Waals surface area (Å²) >= 11 is 1.86. The number of thioether (sulfide) groups is 1. The third kappa shape index (κ3) is 1.92. The molecule has 2 heterocycles. The molecule has 2 aromatic rings. The molecule has 0 spiro atoms. The van der Waals surface area contributed by atoms with Crippen molar-refractivity contribution in [2.24, 2.45) is 0 Å². The molecule has 1 aliphatic heterocycles. The van der Waals surface area contributed by atoms with Crippen LogP contribution in [0.1, 0.15) is 12.5 Å². The lowest BCUT2D eigenvalue weighted by molar-refractivity contribution is 0.551. The molecule has 0 radical (unpaired) electrons. The van der Waals surface area contributed by atoms with Gasteiger partial charge in [0.25, 0.3) is 0 Å². The van der Waals surface area contributed by atoms with Gasteiger partial charge in [0.1, 0.15) is 17.5 Å². The van der Waals surface area contributed by atoms with Gasteiger partial charge in [-0.1, -0.05) is 6.07 Å². The Balaban J connectivity index is 2.09. The molecule has 94 valence electrons. The summed E-state index contributed by atoms with van der Waals surface area (Å²) < 4.78 is 29.5. The van der Waals surface area contributed by atoms with Gasteiger partial charge in [0, 0.05) is 24.2 Å². The van der Waals surface area contributed by atoms with E-state index in [1.54, 1.807) is 12.4 Å². The lowest BCUT2D eigenvalue weighted by atomic mass is 10.1. The van der Waals surface area contributed by atoms with Crippen LogP contribution in [0.5, 0.6) is 0 Å². The molecule has 0 saturated carbocycles. The molecular formula is C13H12F2N2S. The van der Waals surface area contributed by atoms with Gasteiger partial charge in [0.05, 0.1) is 5.56 Å². The Bertz CT molecular complexity index is 542. The third-order valence-corrected chi connectivity index (χ3v) is 4.30. The number of nitrogens with zero attached hydrogens (tertiary/aromatic N) is 2. The minimum Gasteiger partial charge on any atom is -0.327 e. The van der Waals surface area contributed by atoms with Crippen molar-refractivity contribution in [3.8, 4) is 11.4 Å². The van der Waals surface area contributed by atoms with Crippen molar-refractivity contribution in [1.82, 2.24) is 9.55 Å². The van der Waals surface area contributed by atoms with Crippen molar-refractivity contribution in [3.63, 3.8) is 0 Å². The lowest BCUT2D eigenvalue weighted by Gasteiger charge is -2.14. The molecule has 0 N–H and O–H groups in total. The second-order valence-corrected chi connectivity index (χ2v) is 5.42. The van der Waals surface area contributed by atoms with Crippen molar-refractivity contribution < 1.29 is 8.78 Å². The van der Waals surface area contributed by atoms with E-state index in [0.29, 0.717) is 5.82 Å². The Morgan fingerprint density at radius 3 is 2.72 bits per heavy atom. The van der Waals surface area contributed by atoms with E-state index in [2.05, 4.69) is 4.98 Å². The number of halogens is 2. The zero-order valence-electron chi connectivity index (χ0n) is 9.64. The molecule has 0 bridgehead atoms. The molecule has 18 heavy (non-hydrogen) atoms. The minimum atomic E-state index is -0.562. The van der Waals surface area contributed by atoms with Crippen LogP contribution in [-0.4, -0.2) is 21.1 Å². The molecule has 5 heteroatoms. The molecule has 0 amide bonds. The van der Waals surface area contributed by atoms with E-state index in [0.717, 1.165) is 17.9 Å². The predicted octanol–water partition coefficient (Wildman–Crippen LogP) is 3.51. The molecule has 1 aromatic heterocycles. The van der Waals surface area contributed by atoms with Crippen LogP contribution in [0.2, 0.25) is 0 Å². The number of hydrogen-bond acceptors (Lipinski definition) is 2. The van der Waals surface area contributed by atoms with Crippen LogP contribution in [0.3, 0.4) is 0 Å². The molecular weight excluding hydrogens is 254 g/mol. The highest BCUT2D eigenvalue weighted by molar-refractivity contribution is 7.99. The topological polar surface area (TPSA) is 17.8 Å². The molecule has 1 aliphatic rings. The number of hydrogen-bond donors (Lipinski definition) is 0. The van der Waals surface area contributed by atoms with E-state index in [1.807, 2.05) is 16.3 Å². The Morgan fingerprint density at radius 2 is 2.06 bits per heavy atom. The largest absolute Gasteiger partial charge is 0.327 e. The highest BCUT2D eigenvalue weighted by atomic mass is 32.2. The second-order valence-electron chi connectivity index (χ2n) is 4.27. The lowest BCUT2D eigenvalue weighted by Crippen LogP contribution is -2.09. The van der Waals surface area contributed by atoms with E-state index in [-0.39, 0.29) is 11.6 Å². The van der Waals surface area contributed by atoms with E-state index in [9.17, 15) is 8.78 Å². The number of aromatic nitrogens is 2. The van der Waals surface area contributed by atoms with Gasteiger partial charge in [-0.15, -0.1) is 0 Å². The van der Waals surface area contributed by atoms with Gasteiger partial charge >= 0.3 is 0 Å². The fourth-order valence-corrected chi connectivity index (χ4v) is 3.46. The van der Waals surface area contributed by atoms with E-state index in [1.165, 1.54) is 18.2 Å². The molecule has 1 fully saturated rings. The summed E-state index contributed by atoms with van der Waals surface area (Å²) in [5.41, 5.74) is -0.0283. The normalized spacial score (nSPS) is 19.3. The van der Waals surface area contributed by atoms with Gasteiger partial charge in [0.15, 0.2) is 0 Å². The first kappa shape index (κ1) is 11.7. The fourth-order valence-electron chi connectivity index (χ4n) is 2.25. The maximum Gasteiger partial charge on any atom is 0.146 e. The first-order valence-corrected chi connectivity index (χ1v) is 6.98. The first-order chi connectivity index (χ1) is 8.77. The Morgan fingerprint density at radius 1 is 1.28 bits per heavy atom. The summed E-state index contributed by atoms with van der Waals surface area (Å²) in [6.07, 6.45) is 4.42. The zero-order chi connectivity index (χ0) is 12.5. The highest BCUT2D eigenvalue weighted by Crippen LogP contribution is 2.33. The molecule has 1 aromatic carbocycles. The first-order valence-electron chi connectivity index (χ1n) is 5.82. The van der Waals surface area contributed by atoms with Gasteiger partial charge < -0.3 is 4.57 Å². The second kappa shape index (κ2) is 4.72. The van der Waals surface area contributed by atoms with Crippen LogP contribution >= 0.6 is 11.8 Å². The van der Waals surface area contributed by atoms with Crippen LogP contribution < -0.4 is 0 Å². The van der Waals surface area contributed by atoms with E-state index < -0.39 is 11.6 Å². The van der Waals surface area contributed by atoms with E-state index >= 15 is 0 Å². The SMILES string of the molecule is Fc1cccc(F)c1-c1nccn1C1CCSC1. The summed E-state index contributed by atoms with van der Waals surface area (Å²) in [7, 11) is 0. The average Bonchev–Trinajstić information content (AvgIpc) is 2.98. The summed E-state index contributed by atoms with van der Waals surface area (Å²) in [6.45, 7) is 0. The number of rotatable bonds is 2. The van der Waals surface area contributed by atoms with E-state index in [4.69, 9.17) is 0 Å². The van der Waals surface area contributed by atoms with Crippen LogP contribution in [0.25, 0.3) is 11.4 Å². The monoisotopic (exact) mass is 266 g/mol. The molecule has 0 aliphatic carbocycles. The third-order valence-electron chi connectivity index (χ3n) is 3.15. The Kier molecular flexibility index (Phi) is 3.07. The van der Waals surface area contributed by atoms with Crippen molar-refractivity contribution >= 4 is 11.8 Å². The molecule has 1 unspecified atom stereocenters. The Hall–Kier alpha value is -1.36. The summed E-state index contributed by atoms with van der Waals surface area (Å²) in [6, 6.07) is 4.18. The zero-order valence-corrected chi connectivity index (χ0v) is 10.5. The van der Waals surface area contributed by atoms with Crippen LogP contribution in [-0.2, 0) is 0 Å². The summed E-state index contributed by atoms with van der Waals surface area (Å²) in [5.74, 6) is 1.32. The van der Waals surface area contributed by atoms with Gasteiger partial charge in [-0.05, 0) is 24.3 Å². The van der Waals surface area contributed by atoms with Gasteiger partial charge in [-0.3, -0.25) is 0 Å². The van der Waals surface area contributed by atoms with Crippen molar-refractivity contribution in [2.75, 3.05) is 11.5 Å². The molecule has 1 atom stereocenters. The van der Waals surface area contributed by atoms with Crippen LogP contribution in [0.15, 0.2) is 30.6 Å². The van der Waals surface area contributed by atoms with Crippen molar-refractivity contribution in [1.29, 1.82) is 0 Å². The standard InChI is InChI=1S/C13H12F2N2S/c14-10-2-1-3-11(15)12(10)13-16-5-6-17(13)9-4-7-18-8-9/h1-3,5-6,9H,4,7-8H2. The molecule has 2 nitrogen and oxygen atoms in total. The summed E-state index contributed by atoms with van der Waals surface area (Å²) in [5, 5.41) is 0. The van der Waals surface area contributed by atoms with Crippen molar-refractivity contribution in [2.45, 2.75) is 12.5 Å². The highest BCUT2D eigenvalue weighted by Gasteiger charge is 2.23. The van der Waals surface area contributed by atoms with Gasteiger partial charge in [0.2, 0.25) is 0 Å².